The Balaban J connectivity index is 1.57. The van der Waals surface area contributed by atoms with Gasteiger partial charge < -0.3 is 10.6 Å². The lowest BCUT2D eigenvalue weighted by atomic mass is 9.89. The Hall–Kier alpha value is -2.48. The molecular formula is C19H26N4O3S. The van der Waals surface area contributed by atoms with Gasteiger partial charge >= 0.3 is 0 Å². The largest absolute Gasteiger partial charge is 0.352 e. The maximum Gasteiger partial charge on any atom is 0.238 e. The van der Waals surface area contributed by atoms with Crippen LogP contribution in [0, 0.1) is 5.92 Å². The molecule has 1 aliphatic carbocycles. The van der Waals surface area contributed by atoms with Crippen LogP contribution in [0.15, 0.2) is 30.3 Å². The molecule has 0 atom stereocenters. The van der Waals surface area contributed by atoms with Gasteiger partial charge in [0.1, 0.15) is 0 Å². The van der Waals surface area contributed by atoms with E-state index in [4.69, 9.17) is 12.2 Å². The summed E-state index contributed by atoms with van der Waals surface area (Å²) in [7, 11) is 0. The number of amides is 3. The Kier molecular flexibility index (Phi) is 8.70. The van der Waals surface area contributed by atoms with E-state index in [1.165, 1.54) is 6.42 Å². The van der Waals surface area contributed by atoms with E-state index in [9.17, 15) is 14.4 Å². The monoisotopic (exact) mass is 390 g/mol. The average molecular weight is 391 g/mol. The third-order valence-corrected chi connectivity index (χ3v) is 4.64. The molecule has 0 bridgehead atoms. The van der Waals surface area contributed by atoms with Crippen LogP contribution in [-0.4, -0.2) is 22.8 Å². The predicted molar refractivity (Wildman–Crippen MR) is 106 cm³/mol. The van der Waals surface area contributed by atoms with Crippen molar-refractivity contribution >= 4 is 35.1 Å². The number of hydrogen-bond donors (Lipinski definition) is 4. The van der Waals surface area contributed by atoms with Crippen molar-refractivity contribution in [3.8, 4) is 0 Å². The Bertz CT molecular complexity index is 660. The molecule has 1 aromatic rings. The first-order valence-electron chi connectivity index (χ1n) is 9.25. The zero-order valence-electron chi connectivity index (χ0n) is 15.3. The van der Waals surface area contributed by atoms with Crippen LogP contribution in [0.4, 0.5) is 0 Å². The van der Waals surface area contributed by atoms with Crippen LogP contribution >= 0.6 is 12.2 Å². The summed E-state index contributed by atoms with van der Waals surface area (Å²) in [5.74, 6) is -0.703. The van der Waals surface area contributed by atoms with Crippen LogP contribution in [-0.2, 0) is 20.9 Å². The van der Waals surface area contributed by atoms with E-state index in [0.717, 1.165) is 31.2 Å². The van der Waals surface area contributed by atoms with Crippen LogP contribution in [0.25, 0.3) is 0 Å². The molecule has 0 spiro atoms. The minimum atomic E-state index is -0.376. The summed E-state index contributed by atoms with van der Waals surface area (Å²) in [6, 6.07) is 9.54. The van der Waals surface area contributed by atoms with E-state index in [1.807, 2.05) is 30.3 Å². The highest BCUT2D eigenvalue weighted by Gasteiger charge is 2.21. The van der Waals surface area contributed by atoms with Crippen LogP contribution in [0.5, 0.6) is 0 Å². The summed E-state index contributed by atoms with van der Waals surface area (Å²) in [5, 5.41) is 5.42. The number of hydrogen-bond acceptors (Lipinski definition) is 4. The molecule has 0 heterocycles. The lowest BCUT2D eigenvalue weighted by Gasteiger charge is -2.21. The Morgan fingerprint density at radius 1 is 0.926 bits per heavy atom. The summed E-state index contributed by atoms with van der Waals surface area (Å²) in [5.41, 5.74) is 5.89. The van der Waals surface area contributed by atoms with Gasteiger partial charge in [-0.15, -0.1) is 0 Å². The minimum absolute atomic E-state index is 0.0116. The number of thiocarbonyl (C=S) groups is 1. The second-order valence-electron chi connectivity index (χ2n) is 6.59. The van der Waals surface area contributed by atoms with Crippen LogP contribution in [0.1, 0.15) is 50.5 Å². The zero-order valence-corrected chi connectivity index (χ0v) is 16.1. The lowest BCUT2D eigenvalue weighted by molar-refractivity contribution is -0.126. The van der Waals surface area contributed by atoms with Crippen molar-refractivity contribution in [2.75, 3.05) is 0 Å². The molecule has 146 valence electrons. The predicted octanol–water partition coefficient (Wildman–Crippen LogP) is 1.69. The van der Waals surface area contributed by atoms with Gasteiger partial charge in [-0.25, -0.2) is 0 Å². The number of nitrogens with one attached hydrogen (secondary N) is 4. The summed E-state index contributed by atoms with van der Waals surface area (Å²) < 4.78 is 0. The fourth-order valence-corrected chi connectivity index (χ4v) is 3.06. The molecule has 1 aromatic carbocycles. The molecule has 27 heavy (non-hydrogen) atoms. The maximum atomic E-state index is 12.1. The van der Waals surface area contributed by atoms with Gasteiger partial charge in [0, 0.05) is 25.3 Å². The SMILES string of the molecule is O=C(CCC(=O)NNC(=S)NC(=O)C1CCCCC1)NCc1ccccc1. The van der Waals surface area contributed by atoms with Gasteiger partial charge in [-0.3, -0.25) is 25.2 Å². The van der Waals surface area contributed by atoms with Gasteiger partial charge in [-0.2, -0.15) is 0 Å². The second-order valence-corrected chi connectivity index (χ2v) is 7.00. The molecule has 3 amide bonds. The fraction of sp³-hybridized carbons (Fsp3) is 0.474. The first-order valence-corrected chi connectivity index (χ1v) is 9.65. The lowest BCUT2D eigenvalue weighted by Crippen LogP contribution is -2.50. The normalized spacial score (nSPS) is 14.1. The summed E-state index contributed by atoms with van der Waals surface area (Å²) in [6.45, 7) is 0.427. The quantitative estimate of drug-likeness (QED) is 0.438. The van der Waals surface area contributed by atoms with Crippen molar-refractivity contribution in [1.82, 2.24) is 21.5 Å². The first-order chi connectivity index (χ1) is 13.0. The molecule has 1 saturated carbocycles. The van der Waals surface area contributed by atoms with Gasteiger partial charge in [-0.05, 0) is 30.6 Å². The molecule has 7 nitrogen and oxygen atoms in total. The van der Waals surface area contributed by atoms with E-state index in [1.54, 1.807) is 0 Å². The van der Waals surface area contributed by atoms with Crippen molar-refractivity contribution in [3.63, 3.8) is 0 Å². The fourth-order valence-electron chi connectivity index (χ4n) is 2.91. The summed E-state index contributed by atoms with van der Waals surface area (Å²) >= 11 is 5.01. The zero-order chi connectivity index (χ0) is 19.5. The van der Waals surface area contributed by atoms with Gasteiger partial charge in [-0.1, -0.05) is 49.6 Å². The smallest absolute Gasteiger partial charge is 0.238 e. The minimum Gasteiger partial charge on any atom is -0.352 e. The maximum absolute atomic E-state index is 12.1. The second kappa shape index (κ2) is 11.3. The third kappa shape index (κ3) is 8.17. The van der Waals surface area contributed by atoms with E-state index in [0.29, 0.717) is 6.54 Å². The molecule has 0 unspecified atom stereocenters. The van der Waals surface area contributed by atoms with Crippen LogP contribution in [0.2, 0.25) is 0 Å². The van der Waals surface area contributed by atoms with E-state index in [-0.39, 0.29) is 41.6 Å². The van der Waals surface area contributed by atoms with Crippen molar-refractivity contribution in [1.29, 1.82) is 0 Å². The number of hydrazine groups is 1. The van der Waals surface area contributed by atoms with Crippen molar-refractivity contribution < 1.29 is 14.4 Å². The van der Waals surface area contributed by atoms with E-state index >= 15 is 0 Å². The molecule has 1 fully saturated rings. The number of carbonyl (C=O) groups is 3. The molecule has 8 heteroatoms. The molecule has 0 aromatic heterocycles. The van der Waals surface area contributed by atoms with Crippen molar-refractivity contribution in [2.24, 2.45) is 5.92 Å². The van der Waals surface area contributed by atoms with Crippen molar-refractivity contribution in [3.05, 3.63) is 35.9 Å². The highest BCUT2D eigenvalue weighted by Crippen LogP contribution is 2.23. The molecule has 0 radical (unpaired) electrons. The highest BCUT2D eigenvalue weighted by atomic mass is 32.1. The molecule has 4 N–H and O–H groups in total. The molecule has 1 aliphatic rings. The number of rotatable bonds is 6. The highest BCUT2D eigenvalue weighted by molar-refractivity contribution is 7.80. The Labute approximate surface area is 164 Å². The van der Waals surface area contributed by atoms with E-state index < -0.39 is 0 Å². The van der Waals surface area contributed by atoms with Crippen LogP contribution in [0.3, 0.4) is 0 Å². The standard InChI is InChI=1S/C19H26N4O3S/c24-16(20-13-14-7-3-1-4-8-14)11-12-17(25)22-23-19(27)21-18(26)15-9-5-2-6-10-15/h1,3-4,7-8,15H,2,5-6,9-13H2,(H,20,24)(H,22,25)(H2,21,23,26,27). The Morgan fingerprint density at radius 3 is 2.30 bits per heavy atom. The summed E-state index contributed by atoms with van der Waals surface area (Å²) in [4.78, 5) is 35.6. The molecule has 0 saturated heterocycles. The molecule has 0 aliphatic heterocycles. The Morgan fingerprint density at radius 2 is 1.59 bits per heavy atom. The average Bonchev–Trinajstić information content (AvgIpc) is 2.70. The van der Waals surface area contributed by atoms with Gasteiger partial charge in [0.2, 0.25) is 17.7 Å². The van der Waals surface area contributed by atoms with E-state index in [2.05, 4.69) is 21.5 Å². The van der Waals surface area contributed by atoms with Gasteiger partial charge in [0.25, 0.3) is 0 Å². The number of carbonyl (C=O) groups excluding carboxylic acids is 3. The van der Waals surface area contributed by atoms with Crippen LogP contribution < -0.4 is 21.5 Å². The van der Waals surface area contributed by atoms with Gasteiger partial charge in [0.15, 0.2) is 5.11 Å². The van der Waals surface area contributed by atoms with Gasteiger partial charge in [0.05, 0.1) is 0 Å². The third-order valence-electron chi connectivity index (χ3n) is 4.44. The van der Waals surface area contributed by atoms with Crippen molar-refractivity contribution in [2.45, 2.75) is 51.5 Å². The summed E-state index contributed by atoms with van der Waals surface area (Å²) in [6.07, 6.45) is 5.12. The molecule has 2 rings (SSSR count). The first kappa shape index (κ1) is 20.8. The number of benzene rings is 1. The molecular weight excluding hydrogens is 364 g/mol. The topological polar surface area (TPSA) is 99.3 Å².